The molecule has 1 aliphatic heterocycles. The van der Waals surface area contributed by atoms with Crippen molar-refractivity contribution in [2.24, 2.45) is 10.9 Å². The smallest absolute Gasteiger partial charge is 0.173 e. The number of halogens is 1. The summed E-state index contributed by atoms with van der Waals surface area (Å²) >= 11 is 0. The molecule has 7 heteroatoms. The Morgan fingerprint density at radius 1 is 1.47 bits per heavy atom. The third-order valence-electron chi connectivity index (χ3n) is 2.97. The molecule has 0 spiro atoms. The van der Waals surface area contributed by atoms with Crippen LogP contribution in [0.2, 0.25) is 0 Å². The Kier molecular flexibility index (Phi) is 4.67. The standard InChI is InChI=1S/C12H17FN4O2/c13-11-9(2-1-3-10(11)12(14)16-18)8-15-17-4-6-19-7-5-17/h1-3,15,18H,4-8H2,(H2,14,16). The molecule has 1 aromatic rings. The first-order valence-electron chi connectivity index (χ1n) is 6.04. The van der Waals surface area contributed by atoms with E-state index in [1.807, 2.05) is 5.01 Å². The Balaban J connectivity index is 2.04. The summed E-state index contributed by atoms with van der Waals surface area (Å²) in [6, 6.07) is 4.81. The van der Waals surface area contributed by atoms with Gasteiger partial charge in [-0.25, -0.2) is 9.40 Å². The lowest BCUT2D eigenvalue weighted by atomic mass is 10.1. The molecule has 0 aromatic heterocycles. The van der Waals surface area contributed by atoms with Gasteiger partial charge in [-0.1, -0.05) is 17.3 Å². The topological polar surface area (TPSA) is 83.1 Å². The third-order valence-corrected chi connectivity index (χ3v) is 2.97. The van der Waals surface area contributed by atoms with Gasteiger partial charge in [0.15, 0.2) is 5.84 Å². The molecule has 104 valence electrons. The minimum absolute atomic E-state index is 0.101. The van der Waals surface area contributed by atoms with Crippen LogP contribution in [0, 0.1) is 5.82 Å². The van der Waals surface area contributed by atoms with Crippen LogP contribution in [0.1, 0.15) is 11.1 Å². The van der Waals surface area contributed by atoms with Crippen LogP contribution in [-0.2, 0) is 11.3 Å². The first kappa shape index (κ1) is 13.7. The van der Waals surface area contributed by atoms with E-state index in [4.69, 9.17) is 15.7 Å². The molecule has 6 nitrogen and oxygen atoms in total. The van der Waals surface area contributed by atoms with Gasteiger partial charge in [0.25, 0.3) is 0 Å². The van der Waals surface area contributed by atoms with Crippen LogP contribution in [0.4, 0.5) is 4.39 Å². The number of oxime groups is 1. The number of hydrogen-bond acceptors (Lipinski definition) is 5. The van der Waals surface area contributed by atoms with Crippen LogP contribution in [0.5, 0.6) is 0 Å². The quantitative estimate of drug-likeness (QED) is 0.316. The summed E-state index contributed by atoms with van der Waals surface area (Å²) in [6.45, 7) is 3.21. The minimum atomic E-state index is -0.474. The lowest BCUT2D eigenvalue weighted by molar-refractivity contribution is 0.0104. The van der Waals surface area contributed by atoms with E-state index in [0.29, 0.717) is 25.3 Å². The third kappa shape index (κ3) is 3.40. The number of rotatable bonds is 4. The Morgan fingerprint density at radius 3 is 2.89 bits per heavy atom. The average Bonchev–Trinajstić information content (AvgIpc) is 2.46. The molecule has 1 saturated heterocycles. The summed E-state index contributed by atoms with van der Waals surface area (Å²) in [4.78, 5) is 0. The molecule has 0 amide bonds. The van der Waals surface area contributed by atoms with E-state index in [0.717, 1.165) is 13.1 Å². The van der Waals surface area contributed by atoms with E-state index in [9.17, 15) is 4.39 Å². The Labute approximate surface area is 110 Å². The molecule has 0 saturated carbocycles. The summed E-state index contributed by atoms with van der Waals surface area (Å²) in [6.07, 6.45) is 0. The fourth-order valence-electron chi connectivity index (χ4n) is 1.89. The van der Waals surface area contributed by atoms with E-state index < -0.39 is 5.82 Å². The molecule has 1 fully saturated rings. The van der Waals surface area contributed by atoms with Gasteiger partial charge >= 0.3 is 0 Å². The predicted molar refractivity (Wildman–Crippen MR) is 68.1 cm³/mol. The number of nitrogens with zero attached hydrogens (tertiary/aromatic N) is 2. The van der Waals surface area contributed by atoms with Crippen molar-refractivity contribution in [3.63, 3.8) is 0 Å². The first-order valence-corrected chi connectivity index (χ1v) is 6.04. The second-order valence-corrected chi connectivity index (χ2v) is 4.20. The number of hydrazine groups is 1. The van der Waals surface area contributed by atoms with Gasteiger partial charge in [-0.3, -0.25) is 5.43 Å². The molecule has 0 aliphatic carbocycles. The Morgan fingerprint density at radius 2 is 2.21 bits per heavy atom. The molecule has 1 aromatic carbocycles. The highest BCUT2D eigenvalue weighted by molar-refractivity contribution is 5.97. The number of nitrogens with two attached hydrogens (primary N) is 1. The van der Waals surface area contributed by atoms with Crippen molar-refractivity contribution in [3.8, 4) is 0 Å². The van der Waals surface area contributed by atoms with Gasteiger partial charge in [0, 0.05) is 25.2 Å². The van der Waals surface area contributed by atoms with Gasteiger partial charge in [0.05, 0.1) is 18.8 Å². The molecule has 0 radical (unpaired) electrons. The van der Waals surface area contributed by atoms with E-state index in [1.54, 1.807) is 12.1 Å². The number of nitrogens with one attached hydrogen (secondary N) is 1. The minimum Gasteiger partial charge on any atom is -0.409 e. The average molecular weight is 268 g/mol. The van der Waals surface area contributed by atoms with Crippen molar-refractivity contribution in [2.75, 3.05) is 26.3 Å². The Hall–Kier alpha value is -1.70. The molecule has 0 bridgehead atoms. The van der Waals surface area contributed by atoms with Gasteiger partial charge in [-0.15, -0.1) is 0 Å². The van der Waals surface area contributed by atoms with Crippen LogP contribution < -0.4 is 11.2 Å². The monoisotopic (exact) mass is 268 g/mol. The zero-order valence-corrected chi connectivity index (χ0v) is 10.5. The zero-order chi connectivity index (χ0) is 13.7. The van der Waals surface area contributed by atoms with Crippen molar-refractivity contribution in [3.05, 3.63) is 35.1 Å². The van der Waals surface area contributed by atoms with E-state index in [1.165, 1.54) is 6.07 Å². The molecule has 2 rings (SSSR count). The summed E-state index contributed by atoms with van der Waals surface area (Å²) < 4.78 is 19.3. The maximum absolute atomic E-state index is 14.1. The van der Waals surface area contributed by atoms with Crippen LogP contribution in [0.3, 0.4) is 0 Å². The maximum atomic E-state index is 14.1. The highest BCUT2D eigenvalue weighted by Gasteiger charge is 2.13. The SMILES string of the molecule is N/C(=N/O)c1cccc(CNN2CCOCC2)c1F. The number of morpholine rings is 1. The summed E-state index contributed by atoms with van der Waals surface area (Å²) in [7, 11) is 0. The van der Waals surface area contributed by atoms with Crippen molar-refractivity contribution < 1.29 is 14.3 Å². The first-order chi connectivity index (χ1) is 9.22. The Bertz CT molecular complexity index is 461. The summed E-state index contributed by atoms with van der Waals surface area (Å²) in [5.41, 5.74) is 9.12. The number of benzene rings is 1. The predicted octanol–water partition coefficient (Wildman–Crippen LogP) is 0.257. The van der Waals surface area contributed by atoms with E-state index in [-0.39, 0.29) is 11.4 Å². The van der Waals surface area contributed by atoms with Crippen LogP contribution >= 0.6 is 0 Å². The maximum Gasteiger partial charge on any atom is 0.173 e. The highest BCUT2D eigenvalue weighted by atomic mass is 19.1. The fourth-order valence-corrected chi connectivity index (χ4v) is 1.89. The van der Waals surface area contributed by atoms with E-state index >= 15 is 0 Å². The summed E-state index contributed by atoms with van der Waals surface area (Å²) in [5.74, 6) is -0.704. The van der Waals surface area contributed by atoms with Crippen molar-refractivity contribution in [2.45, 2.75) is 6.54 Å². The van der Waals surface area contributed by atoms with Crippen molar-refractivity contribution in [1.82, 2.24) is 10.4 Å². The lowest BCUT2D eigenvalue weighted by Gasteiger charge is -2.27. The zero-order valence-electron chi connectivity index (χ0n) is 10.5. The number of hydrogen-bond donors (Lipinski definition) is 3. The van der Waals surface area contributed by atoms with Gasteiger partial charge in [-0.2, -0.15) is 0 Å². The molecule has 0 unspecified atom stereocenters. The molecule has 19 heavy (non-hydrogen) atoms. The normalized spacial score (nSPS) is 17.6. The van der Waals surface area contributed by atoms with Crippen LogP contribution in [0.15, 0.2) is 23.4 Å². The molecule has 1 heterocycles. The molecule has 0 atom stereocenters. The van der Waals surface area contributed by atoms with Crippen LogP contribution in [0.25, 0.3) is 0 Å². The van der Waals surface area contributed by atoms with Gasteiger partial charge in [0.1, 0.15) is 5.82 Å². The van der Waals surface area contributed by atoms with Crippen molar-refractivity contribution in [1.29, 1.82) is 0 Å². The van der Waals surface area contributed by atoms with Crippen LogP contribution in [-0.4, -0.2) is 42.4 Å². The second kappa shape index (κ2) is 6.46. The van der Waals surface area contributed by atoms with Gasteiger partial charge < -0.3 is 15.7 Å². The molecule has 4 N–H and O–H groups in total. The second-order valence-electron chi connectivity index (χ2n) is 4.20. The number of amidine groups is 1. The van der Waals surface area contributed by atoms with Gasteiger partial charge in [-0.05, 0) is 6.07 Å². The lowest BCUT2D eigenvalue weighted by Crippen LogP contribution is -2.45. The van der Waals surface area contributed by atoms with Crippen molar-refractivity contribution >= 4 is 5.84 Å². The summed E-state index contributed by atoms with van der Waals surface area (Å²) in [5, 5.41) is 13.4. The highest BCUT2D eigenvalue weighted by Crippen LogP contribution is 2.13. The largest absolute Gasteiger partial charge is 0.409 e. The van der Waals surface area contributed by atoms with Gasteiger partial charge in [0.2, 0.25) is 0 Å². The number of ether oxygens (including phenoxy) is 1. The fraction of sp³-hybridized carbons (Fsp3) is 0.417. The van der Waals surface area contributed by atoms with E-state index in [2.05, 4.69) is 10.6 Å². The molecular weight excluding hydrogens is 251 g/mol. The molecule has 1 aliphatic rings. The molecular formula is C12H17FN4O2.